The maximum Gasteiger partial charge on any atom is 0.255 e. The molecule has 3 N–H and O–H groups in total. The van der Waals surface area contributed by atoms with Gasteiger partial charge in [0.25, 0.3) is 5.91 Å². The number of carbonyl (C=O) groups excluding carboxylic acids is 1. The van der Waals surface area contributed by atoms with Crippen molar-refractivity contribution >= 4 is 28.9 Å². The van der Waals surface area contributed by atoms with E-state index in [-0.39, 0.29) is 5.56 Å². The van der Waals surface area contributed by atoms with Crippen molar-refractivity contribution in [3.63, 3.8) is 0 Å². The van der Waals surface area contributed by atoms with Gasteiger partial charge in [0.2, 0.25) is 0 Å². The van der Waals surface area contributed by atoms with Gasteiger partial charge in [0.05, 0.1) is 16.4 Å². The zero-order valence-corrected chi connectivity index (χ0v) is 10.0. The Morgan fingerprint density at radius 3 is 2.61 bits per heavy atom. The number of carbonyl (C=O) groups is 1. The van der Waals surface area contributed by atoms with Gasteiger partial charge in [0.15, 0.2) is 0 Å². The van der Waals surface area contributed by atoms with Crippen molar-refractivity contribution in [3.05, 3.63) is 58.9 Å². The van der Waals surface area contributed by atoms with E-state index in [2.05, 4.69) is 5.32 Å². The van der Waals surface area contributed by atoms with Crippen LogP contribution in [0.5, 0.6) is 0 Å². The Morgan fingerprint density at radius 2 is 1.94 bits per heavy atom. The molecule has 0 radical (unpaired) electrons. The topological polar surface area (TPSA) is 55.1 Å². The third-order valence-corrected chi connectivity index (χ3v) is 2.69. The van der Waals surface area contributed by atoms with Crippen LogP contribution in [0.4, 0.5) is 15.8 Å². The van der Waals surface area contributed by atoms with Crippen LogP contribution in [0.2, 0.25) is 5.02 Å². The summed E-state index contributed by atoms with van der Waals surface area (Å²) in [5, 5.41) is 2.89. The Labute approximate surface area is 108 Å². The fourth-order valence-corrected chi connectivity index (χ4v) is 1.72. The molecular weight excluding hydrogens is 255 g/mol. The quantitative estimate of drug-likeness (QED) is 0.818. The van der Waals surface area contributed by atoms with Crippen LogP contribution in [-0.2, 0) is 0 Å². The molecule has 5 heteroatoms. The lowest BCUT2D eigenvalue weighted by Gasteiger charge is -2.09. The van der Waals surface area contributed by atoms with Gasteiger partial charge >= 0.3 is 0 Å². The summed E-state index contributed by atoms with van der Waals surface area (Å²) in [6.45, 7) is 0. The fourth-order valence-electron chi connectivity index (χ4n) is 1.49. The van der Waals surface area contributed by atoms with Crippen molar-refractivity contribution in [3.8, 4) is 0 Å². The van der Waals surface area contributed by atoms with E-state index in [1.165, 1.54) is 18.2 Å². The molecule has 2 aromatic rings. The van der Waals surface area contributed by atoms with Crippen molar-refractivity contribution < 1.29 is 9.18 Å². The van der Waals surface area contributed by atoms with Gasteiger partial charge in [-0.2, -0.15) is 0 Å². The Morgan fingerprint density at radius 1 is 1.22 bits per heavy atom. The van der Waals surface area contributed by atoms with Gasteiger partial charge in [0.1, 0.15) is 5.82 Å². The van der Waals surface area contributed by atoms with E-state index < -0.39 is 11.7 Å². The second-order valence-corrected chi connectivity index (χ2v) is 4.08. The van der Waals surface area contributed by atoms with Gasteiger partial charge in [-0.3, -0.25) is 4.79 Å². The first-order valence-electron chi connectivity index (χ1n) is 5.19. The molecule has 0 saturated carbocycles. The van der Waals surface area contributed by atoms with Crippen LogP contribution in [0.15, 0.2) is 42.5 Å². The third kappa shape index (κ3) is 2.60. The zero-order chi connectivity index (χ0) is 13.1. The molecule has 0 unspecified atom stereocenters. The molecule has 2 rings (SSSR count). The van der Waals surface area contributed by atoms with Gasteiger partial charge in [-0.1, -0.05) is 23.7 Å². The van der Waals surface area contributed by atoms with Crippen molar-refractivity contribution in [1.82, 2.24) is 0 Å². The number of benzene rings is 2. The summed E-state index contributed by atoms with van der Waals surface area (Å²) in [5.74, 6) is -0.941. The lowest BCUT2D eigenvalue weighted by Crippen LogP contribution is -2.13. The standard InChI is InChI=1S/C13H10ClFN2O/c14-10-5-2-6-11(16)12(10)17-13(18)8-3-1-4-9(15)7-8/h1-7H,16H2,(H,17,18). The van der Waals surface area contributed by atoms with Gasteiger partial charge in [-0.25, -0.2) is 4.39 Å². The summed E-state index contributed by atoms with van der Waals surface area (Å²) >= 11 is 5.92. The zero-order valence-electron chi connectivity index (χ0n) is 9.28. The number of halogens is 2. The van der Waals surface area contributed by atoms with Gasteiger partial charge in [0, 0.05) is 5.56 Å². The second kappa shape index (κ2) is 5.06. The van der Waals surface area contributed by atoms with E-state index in [0.29, 0.717) is 16.4 Å². The van der Waals surface area contributed by atoms with E-state index in [1.54, 1.807) is 18.2 Å². The Kier molecular flexibility index (Phi) is 3.48. The Bertz CT molecular complexity index is 581. The summed E-state index contributed by atoms with van der Waals surface area (Å²) in [6.07, 6.45) is 0. The molecule has 0 heterocycles. The third-order valence-electron chi connectivity index (χ3n) is 2.37. The predicted octanol–water partition coefficient (Wildman–Crippen LogP) is 3.31. The number of nitrogens with two attached hydrogens (primary N) is 1. The van der Waals surface area contributed by atoms with Crippen molar-refractivity contribution in [2.24, 2.45) is 0 Å². The summed E-state index contributed by atoms with van der Waals surface area (Å²) < 4.78 is 13.0. The normalized spacial score (nSPS) is 10.1. The highest BCUT2D eigenvalue weighted by Gasteiger charge is 2.11. The van der Waals surface area contributed by atoms with Crippen LogP contribution in [0.25, 0.3) is 0 Å². The minimum Gasteiger partial charge on any atom is -0.397 e. The van der Waals surface area contributed by atoms with E-state index >= 15 is 0 Å². The molecule has 0 bridgehead atoms. The molecule has 0 aliphatic heterocycles. The highest BCUT2D eigenvalue weighted by Crippen LogP contribution is 2.28. The van der Waals surface area contributed by atoms with Crippen LogP contribution in [-0.4, -0.2) is 5.91 Å². The molecule has 3 nitrogen and oxygen atoms in total. The number of hydrogen-bond donors (Lipinski definition) is 2. The van der Waals surface area contributed by atoms with Gasteiger partial charge < -0.3 is 11.1 Å². The van der Waals surface area contributed by atoms with Crippen LogP contribution in [0.3, 0.4) is 0 Å². The number of para-hydroxylation sites is 1. The largest absolute Gasteiger partial charge is 0.397 e. The van der Waals surface area contributed by atoms with Gasteiger partial charge in [-0.05, 0) is 30.3 Å². The molecule has 1 amide bonds. The number of nitrogens with one attached hydrogen (secondary N) is 1. The first-order valence-corrected chi connectivity index (χ1v) is 5.56. The van der Waals surface area contributed by atoms with Crippen LogP contribution >= 0.6 is 11.6 Å². The van der Waals surface area contributed by atoms with Crippen LogP contribution < -0.4 is 11.1 Å². The van der Waals surface area contributed by atoms with E-state index in [4.69, 9.17) is 17.3 Å². The SMILES string of the molecule is Nc1cccc(Cl)c1NC(=O)c1cccc(F)c1. The molecule has 0 aliphatic carbocycles. The van der Waals surface area contributed by atoms with Crippen LogP contribution in [0, 0.1) is 5.82 Å². The highest BCUT2D eigenvalue weighted by molar-refractivity contribution is 6.34. The molecule has 0 aliphatic rings. The number of rotatable bonds is 2. The molecule has 0 fully saturated rings. The highest BCUT2D eigenvalue weighted by atomic mass is 35.5. The molecule has 92 valence electrons. The molecule has 0 saturated heterocycles. The minimum atomic E-state index is -0.477. The lowest BCUT2D eigenvalue weighted by atomic mass is 10.2. The van der Waals surface area contributed by atoms with E-state index in [9.17, 15) is 9.18 Å². The molecular formula is C13H10ClFN2O. The van der Waals surface area contributed by atoms with Gasteiger partial charge in [-0.15, -0.1) is 0 Å². The average molecular weight is 265 g/mol. The summed E-state index contributed by atoms with van der Waals surface area (Å²) in [5.41, 5.74) is 6.59. The molecule has 0 spiro atoms. The molecule has 2 aromatic carbocycles. The minimum absolute atomic E-state index is 0.203. The van der Waals surface area contributed by atoms with Crippen LogP contribution in [0.1, 0.15) is 10.4 Å². The monoisotopic (exact) mass is 264 g/mol. The first kappa shape index (κ1) is 12.4. The molecule has 0 aromatic heterocycles. The van der Waals surface area contributed by atoms with Crippen molar-refractivity contribution in [2.45, 2.75) is 0 Å². The summed E-state index contributed by atoms with van der Waals surface area (Å²) in [4.78, 5) is 11.9. The average Bonchev–Trinajstić information content (AvgIpc) is 2.34. The predicted molar refractivity (Wildman–Crippen MR) is 70.2 cm³/mol. The van der Waals surface area contributed by atoms with E-state index in [0.717, 1.165) is 6.07 Å². The van der Waals surface area contributed by atoms with Crippen molar-refractivity contribution in [2.75, 3.05) is 11.1 Å². The number of hydrogen-bond acceptors (Lipinski definition) is 2. The molecule has 18 heavy (non-hydrogen) atoms. The van der Waals surface area contributed by atoms with Crippen molar-refractivity contribution in [1.29, 1.82) is 0 Å². The fraction of sp³-hybridized carbons (Fsp3) is 0. The van der Waals surface area contributed by atoms with E-state index in [1.807, 2.05) is 0 Å². The second-order valence-electron chi connectivity index (χ2n) is 3.67. The number of anilines is 2. The first-order chi connectivity index (χ1) is 8.58. The molecule has 0 atom stereocenters. The smallest absolute Gasteiger partial charge is 0.255 e. The number of nitrogen functional groups attached to an aromatic ring is 1. The lowest BCUT2D eigenvalue weighted by molar-refractivity contribution is 0.102. The Hall–Kier alpha value is -2.07. The summed E-state index contributed by atoms with van der Waals surface area (Å²) in [7, 11) is 0. The maximum absolute atomic E-state index is 13.0. The summed E-state index contributed by atoms with van der Waals surface area (Å²) in [6, 6.07) is 10.3. The Balaban J connectivity index is 2.27. The maximum atomic E-state index is 13.0. The number of amides is 1.